The molecule has 3 heterocycles. The first-order chi connectivity index (χ1) is 20.3. The van der Waals surface area contributed by atoms with Crippen molar-refractivity contribution in [3.63, 3.8) is 0 Å². The summed E-state index contributed by atoms with van der Waals surface area (Å²) in [6, 6.07) is 15.6. The fraction of sp³-hybridized carbons (Fsp3) is 0.179. The lowest BCUT2D eigenvalue weighted by Crippen LogP contribution is -2.41. The van der Waals surface area contributed by atoms with E-state index in [-0.39, 0.29) is 28.8 Å². The van der Waals surface area contributed by atoms with Gasteiger partial charge in [0.05, 0.1) is 47.2 Å². The van der Waals surface area contributed by atoms with Crippen LogP contribution < -0.4 is 14.6 Å². The maximum atomic E-state index is 14.5. The molecule has 3 aromatic heterocycles. The number of nitrogens with one attached hydrogen (secondary N) is 1. The first-order valence-corrected chi connectivity index (χ1v) is 13.6. The van der Waals surface area contributed by atoms with E-state index in [0.29, 0.717) is 52.5 Å². The van der Waals surface area contributed by atoms with Crippen molar-refractivity contribution < 1.29 is 28.5 Å². The SMILES string of the molecule is CCC[n+]1c(-c2ccc(F)c(OCCO)c2)nc2c(cnn2-c2ccc(C#N)cc2)c1NC(=O)c1ccc([N+](=O)[O-])s1. The zero-order valence-corrected chi connectivity index (χ0v) is 23.0. The molecule has 0 aliphatic carbocycles. The summed E-state index contributed by atoms with van der Waals surface area (Å²) in [4.78, 5) is 29.0. The van der Waals surface area contributed by atoms with Crippen LogP contribution in [-0.4, -0.2) is 43.9 Å². The van der Waals surface area contributed by atoms with E-state index >= 15 is 0 Å². The summed E-state index contributed by atoms with van der Waals surface area (Å²) < 4.78 is 23.2. The van der Waals surface area contributed by atoms with Crippen LogP contribution in [0, 0.1) is 27.3 Å². The zero-order chi connectivity index (χ0) is 29.8. The van der Waals surface area contributed by atoms with Gasteiger partial charge in [-0.1, -0.05) is 23.2 Å². The van der Waals surface area contributed by atoms with Crippen LogP contribution in [0.3, 0.4) is 0 Å². The molecule has 2 N–H and O–H groups in total. The van der Waals surface area contributed by atoms with Gasteiger partial charge >= 0.3 is 10.9 Å². The second kappa shape index (κ2) is 12.1. The van der Waals surface area contributed by atoms with E-state index in [2.05, 4.69) is 16.5 Å². The fourth-order valence-corrected chi connectivity index (χ4v) is 5.03. The van der Waals surface area contributed by atoms with Gasteiger partial charge in [-0.3, -0.25) is 10.1 Å². The predicted molar refractivity (Wildman–Crippen MR) is 151 cm³/mol. The van der Waals surface area contributed by atoms with E-state index in [0.717, 1.165) is 11.3 Å². The number of hydrogen-bond donors (Lipinski definition) is 2. The van der Waals surface area contributed by atoms with Crippen LogP contribution in [-0.2, 0) is 6.54 Å². The number of amides is 1. The highest BCUT2D eigenvalue weighted by Crippen LogP contribution is 2.30. The lowest BCUT2D eigenvalue weighted by Gasteiger charge is -2.13. The number of nitrogens with zero attached hydrogens (tertiary/aromatic N) is 6. The van der Waals surface area contributed by atoms with Crippen molar-refractivity contribution in [2.75, 3.05) is 18.5 Å². The molecule has 0 saturated heterocycles. The Morgan fingerprint density at radius 3 is 2.71 bits per heavy atom. The number of halogens is 1. The Kier molecular flexibility index (Phi) is 8.14. The summed E-state index contributed by atoms with van der Waals surface area (Å²) >= 11 is 0.748. The average Bonchev–Trinajstić information content (AvgIpc) is 3.66. The van der Waals surface area contributed by atoms with Crippen molar-refractivity contribution in [2.45, 2.75) is 19.9 Å². The molecule has 212 valence electrons. The third-order valence-corrected chi connectivity index (χ3v) is 7.23. The number of aliphatic hydroxyl groups is 1. The second-order valence-corrected chi connectivity index (χ2v) is 10.0. The Balaban J connectivity index is 1.73. The highest BCUT2D eigenvalue weighted by atomic mass is 32.1. The van der Waals surface area contributed by atoms with E-state index in [1.807, 2.05) is 6.92 Å². The van der Waals surface area contributed by atoms with Gasteiger partial charge < -0.3 is 9.84 Å². The lowest BCUT2D eigenvalue weighted by atomic mass is 10.1. The third-order valence-electron chi connectivity index (χ3n) is 6.19. The van der Waals surface area contributed by atoms with E-state index < -0.39 is 16.6 Å². The largest absolute Gasteiger partial charge is 0.488 e. The van der Waals surface area contributed by atoms with Gasteiger partial charge in [-0.25, -0.2) is 23.8 Å². The van der Waals surface area contributed by atoms with Gasteiger partial charge in [0.15, 0.2) is 11.6 Å². The maximum absolute atomic E-state index is 14.5. The fourth-order valence-electron chi connectivity index (χ4n) is 4.32. The Hall–Kier alpha value is -5.26. The monoisotopic (exact) mass is 588 g/mol. The van der Waals surface area contributed by atoms with Gasteiger partial charge in [0.1, 0.15) is 16.9 Å². The highest BCUT2D eigenvalue weighted by molar-refractivity contribution is 7.17. The normalized spacial score (nSPS) is 10.9. The Labute approximate surface area is 242 Å². The summed E-state index contributed by atoms with van der Waals surface area (Å²) in [7, 11) is 0. The van der Waals surface area contributed by atoms with Crippen molar-refractivity contribution >= 4 is 39.1 Å². The molecule has 42 heavy (non-hydrogen) atoms. The van der Waals surface area contributed by atoms with Crippen molar-refractivity contribution in [3.05, 3.63) is 87.2 Å². The number of nitro groups is 1. The van der Waals surface area contributed by atoms with E-state index in [4.69, 9.17) is 14.8 Å². The molecule has 0 spiro atoms. The highest BCUT2D eigenvalue weighted by Gasteiger charge is 2.29. The van der Waals surface area contributed by atoms with Gasteiger partial charge in [0, 0.05) is 6.07 Å². The summed E-state index contributed by atoms with van der Waals surface area (Å²) in [5.74, 6) is -0.566. The zero-order valence-electron chi connectivity index (χ0n) is 22.2. The number of benzene rings is 2. The Morgan fingerprint density at radius 1 is 1.26 bits per heavy atom. The summed E-state index contributed by atoms with van der Waals surface area (Å²) in [5.41, 5.74) is 1.89. The quantitative estimate of drug-likeness (QED) is 0.138. The van der Waals surface area contributed by atoms with Crippen molar-refractivity contribution in [1.29, 1.82) is 5.26 Å². The molecular formula is C28H23FN7O5S+. The molecule has 5 aromatic rings. The molecule has 1 amide bonds. The van der Waals surface area contributed by atoms with Crippen molar-refractivity contribution in [2.24, 2.45) is 0 Å². The van der Waals surface area contributed by atoms with E-state index in [9.17, 15) is 24.6 Å². The van der Waals surface area contributed by atoms with Gasteiger partial charge in [-0.15, -0.1) is 0 Å². The van der Waals surface area contributed by atoms with Crippen LogP contribution in [0.1, 0.15) is 28.6 Å². The second-order valence-electron chi connectivity index (χ2n) is 8.95. The molecule has 0 unspecified atom stereocenters. The standard InChI is InChI=1S/C28H22FN7O5S/c1-2-11-34-25(18-5-8-21(29)22(14-18)41-13-12-37)32-27-20(16-31-35(27)19-6-3-17(15-30)4-7-19)26(34)33-28(38)23-9-10-24(42-23)36(39)40/h3-10,14,16,37H,2,11-13H2,1H3/p+1. The summed E-state index contributed by atoms with van der Waals surface area (Å²) in [6.07, 6.45) is 2.18. The van der Waals surface area contributed by atoms with Gasteiger partial charge in [0.25, 0.3) is 5.82 Å². The minimum atomic E-state index is -0.620. The first kappa shape index (κ1) is 28.3. The molecule has 14 heteroatoms. The molecule has 12 nitrogen and oxygen atoms in total. The molecule has 0 fully saturated rings. The molecule has 0 saturated carbocycles. The number of rotatable bonds is 10. The number of aromatic nitrogens is 4. The van der Waals surface area contributed by atoms with Crippen LogP contribution in [0.5, 0.6) is 5.75 Å². The van der Waals surface area contributed by atoms with Crippen LogP contribution in [0.15, 0.2) is 60.8 Å². The number of carbonyl (C=O) groups is 1. The molecule has 0 aliphatic heterocycles. The average molecular weight is 589 g/mol. The number of fused-ring (bicyclic) bond motifs is 1. The Morgan fingerprint density at radius 2 is 2.05 bits per heavy atom. The van der Waals surface area contributed by atoms with E-state index in [1.54, 1.807) is 39.7 Å². The van der Waals surface area contributed by atoms with Gasteiger partial charge in [-0.05, 0) is 55.0 Å². The third kappa shape index (κ3) is 5.51. The van der Waals surface area contributed by atoms with Crippen LogP contribution in [0.2, 0.25) is 0 Å². The minimum Gasteiger partial charge on any atom is -0.488 e. The molecule has 0 aliphatic rings. The predicted octanol–water partition coefficient (Wildman–Crippen LogP) is 4.39. The number of ether oxygens (including phenoxy) is 1. The number of aliphatic hydroxyl groups excluding tert-OH is 1. The molecule has 0 bridgehead atoms. The van der Waals surface area contributed by atoms with Crippen LogP contribution in [0.4, 0.5) is 15.2 Å². The van der Waals surface area contributed by atoms with E-state index in [1.165, 1.54) is 30.3 Å². The topological polar surface area (TPSA) is 160 Å². The van der Waals surface area contributed by atoms with Gasteiger partial charge in [-0.2, -0.15) is 10.4 Å². The van der Waals surface area contributed by atoms with Crippen LogP contribution >= 0.6 is 11.3 Å². The molecule has 0 atom stereocenters. The molecule has 2 aromatic carbocycles. The number of carbonyl (C=O) groups excluding carboxylic acids is 1. The lowest BCUT2D eigenvalue weighted by molar-refractivity contribution is -0.673. The number of thiophene rings is 1. The summed E-state index contributed by atoms with van der Waals surface area (Å²) in [5, 5.41) is 37.3. The first-order valence-electron chi connectivity index (χ1n) is 12.8. The summed E-state index contributed by atoms with van der Waals surface area (Å²) in [6.45, 7) is 1.92. The van der Waals surface area contributed by atoms with Crippen LogP contribution in [0.25, 0.3) is 28.1 Å². The smallest absolute Gasteiger partial charge is 0.324 e. The molecule has 5 rings (SSSR count). The maximum Gasteiger partial charge on any atom is 0.324 e. The Bertz CT molecular complexity index is 1850. The number of anilines is 1. The number of hydrogen-bond acceptors (Lipinski definition) is 9. The van der Waals surface area contributed by atoms with Gasteiger partial charge in [0.2, 0.25) is 11.5 Å². The van der Waals surface area contributed by atoms with Crippen molar-refractivity contribution in [1.82, 2.24) is 14.8 Å². The molecular weight excluding hydrogens is 565 g/mol. The molecule has 0 radical (unpaired) electrons. The minimum absolute atomic E-state index is 0.0800. The van der Waals surface area contributed by atoms with Crippen molar-refractivity contribution in [3.8, 4) is 28.9 Å². The number of nitriles is 1.